The lowest BCUT2D eigenvalue weighted by Crippen LogP contribution is -2.50. The Morgan fingerprint density at radius 1 is 1.04 bits per heavy atom. The molecule has 2 unspecified atom stereocenters. The molecule has 2 saturated heterocycles. The number of amides is 3. The third-order valence-electron chi connectivity index (χ3n) is 5.46. The van der Waals surface area contributed by atoms with E-state index < -0.39 is 0 Å². The van der Waals surface area contributed by atoms with Crippen LogP contribution < -0.4 is 5.32 Å². The van der Waals surface area contributed by atoms with E-state index in [-0.39, 0.29) is 29.6 Å². The number of nitrogens with zero attached hydrogens (tertiary/aromatic N) is 3. The Balaban J connectivity index is 1.59. The number of pyridine rings is 1. The van der Waals surface area contributed by atoms with Crippen LogP contribution >= 0.6 is 0 Å². The normalized spacial score (nSPS) is 23.0. The predicted octanol–water partition coefficient (Wildman–Crippen LogP) is 1.83. The number of aryl methyl sites for hydroxylation is 1. The smallest absolute Gasteiger partial charge is 0.230 e. The van der Waals surface area contributed by atoms with Gasteiger partial charge in [0.25, 0.3) is 0 Å². The lowest BCUT2D eigenvalue weighted by Gasteiger charge is -2.37. The van der Waals surface area contributed by atoms with Gasteiger partial charge in [-0.3, -0.25) is 14.4 Å². The number of aromatic nitrogens is 1. The lowest BCUT2D eigenvalue weighted by atomic mass is 9.92. The van der Waals surface area contributed by atoms with Crippen LogP contribution in [0.3, 0.4) is 0 Å². The summed E-state index contributed by atoms with van der Waals surface area (Å²) in [5, 5.41) is 2.87. The van der Waals surface area contributed by atoms with Crippen LogP contribution in [0.2, 0.25) is 0 Å². The van der Waals surface area contributed by atoms with Crippen molar-refractivity contribution < 1.29 is 14.4 Å². The Labute approximate surface area is 160 Å². The summed E-state index contributed by atoms with van der Waals surface area (Å²) in [4.78, 5) is 45.1. The Bertz CT molecular complexity index is 721. The largest absolute Gasteiger partial charge is 0.342 e. The molecule has 2 atom stereocenters. The highest BCUT2D eigenvalue weighted by Crippen LogP contribution is 2.24. The molecule has 1 N–H and O–H groups in total. The molecule has 7 nitrogen and oxygen atoms in total. The van der Waals surface area contributed by atoms with Crippen molar-refractivity contribution in [3.8, 4) is 0 Å². The molecular formula is C20H28N4O3. The molecule has 1 aromatic rings. The fourth-order valence-corrected chi connectivity index (χ4v) is 3.96. The summed E-state index contributed by atoms with van der Waals surface area (Å²) in [6.07, 6.45) is 3.25. The topological polar surface area (TPSA) is 82.6 Å². The number of carbonyl (C=O) groups excluding carboxylic acids is 3. The highest BCUT2D eigenvalue weighted by Gasteiger charge is 2.34. The molecule has 1 aromatic heterocycles. The van der Waals surface area contributed by atoms with Gasteiger partial charge in [0.05, 0.1) is 11.8 Å². The summed E-state index contributed by atoms with van der Waals surface area (Å²) < 4.78 is 0. The van der Waals surface area contributed by atoms with Crippen LogP contribution in [0.4, 0.5) is 5.82 Å². The van der Waals surface area contributed by atoms with E-state index >= 15 is 0 Å². The van der Waals surface area contributed by atoms with E-state index in [1.165, 1.54) is 0 Å². The molecule has 2 aliphatic rings. The zero-order valence-corrected chi connectivity index (χ0v) is 16.1. The van der Waals surface area contributed by atoms with Crippen LogP contribution in [0.25, 0.3) is 0 Å². The van der Waals surface area contributed by atoms with E-state index in [0.717, 1.165) is 37.9 Å². The van der Waals surface area contributed by atoms with Gasteiger partial charge in [-0.2, -0.15) is 0 Å². The van der Waals surface area contributed by atoms with Crippen molar-refractivity contribution in [3.63, 3.8) is 0 Å². The van der Waals surface area contributed by atoms with Gasteiger partial charge in [0.15, 0.2) is 0 Å². The SMILES string of the molecule is CC(=O)N1CCCC(C(=O)N2CCCC(C(=O)Nc3cccc(C)n3)C2)C1. The predicted molar refractivity (Wildman–Crippen MR) is 102 cm³/mol. The molecule has 0 saturated carbocycles. The first-order valence-corrected chi connectivity index (χ1v) is 9.73. The standard InChI is InChI=1S/C20H28N4O3/c1-14-6-3-9-18(21-14)22-19(26)16-7-4-11-24(12-16)20(27)17-8-5-10-23(13-17)15(2)25/h3,6,9,16-17H,4-5,7-8,10-13H2,1-2H3,(H,21,22,26). The third kappa shape index (κ3) is 4.84. The van der Waals surface area contributed by atoms with Crippen molar-refractivity contribution in [1.29, 1.82) is 0 Å². The molecule has 27 heavy (non-hydrogen) atoms. The Hall–Kier alpha value is -2.44. The maximum Gasteiger partial charge on any atom is 0.230 e. The van der Waals surface area contributed by atoms with Crippen LogP contribution in [0.5, 0.6) is 0 Å². The molecule has 3 heterocycles. The molecule has 0 spiro atoms. The van der Waals surface area contributed by atoms with Gasteiger partial charge in [-0.05, 0) is 44.7 Å². The van der Waals surface area contributed by atoms with E-state index in [0.29, 0.717) is 25.5 Å². The number of likely N-dealkylation sites (tertiary alicyclic amines) is 2. The monoisotopic (exact) mass is 372 g/mol. The summed E-state index contributed by atoms with van der Waals surface area (Å²) in [5.41, 5.74) is 0.848. The number of anilines is 1. The van der Waals surface area contributed by atoms with Crippen LogP contribution in [0.15, 0.2) is 18.2 Å². The number of hydrogen-bond donors (Lipinski definition) is 1. The number of hydrogen-bond acceptors (Lipinski definition) is 4. The molecule has 3 rings (SSSR count). The van der Waals surface area contributed by atoms with E-state index in [2.05, 4.69) is 10.3 Å². The molecule has 0 bridgehead atoms. The van der Waals surface area contributed by atoms with Gasteiger partial charge in [-0.15, -0.1) is 0 Å². The Kier molecular flexibility index (Phi) is 6.08. The molecule has 146 valence electrons. The van der Waals surface area contributed by atoms with E-state index in [9.17, 15) is 14.4 Å². The van der Waals surface area contributed by atoms with Crippen LogP contribution in [0, 0.1) is 18.8 Å². The van der Waals surface area contributed by atoms with Crippen LogP contribution in [-0.4, -0.2) is 58.7 Å². The maximum atomic E-state index is 12.9. The molecule has 2 aliphatic heterocycles. The van der Waals surface area contributed by atoms with Crippen molar-refractivity contribution in [2.75, 3.05) is 31.5 Å². The fourth-order valence-electron chi connectivity index (χ4n) is 3.96. The Morgan fingerprint density at radius 2 is 1.70 bits per heavy atom. The first kappa shape index (κ1) is 19.3. The van der Waals surface area contributed by atoms with E-state index in [1.807, 2.05) is 24.0 Å². The van der Waals surface area contributed by atoms with E-state index in [1.54, 1.807) is 17.9 Å². The minimum atomic E-state index is -0.225. The highest BCUT2D eigenvalue weighted by molar-refractivity contribution is 5.92. The zero-order chi connectivity index (χ0) is 19.4. The average molecular weight is 372 g/mol. The van der Waals surface area contributed by atoms with Crippen molar-refractivity contribution >= 4 is 23.5 Å². The first-order chi connectivity index (χ1) is 12.9. The molecular weight excluding hydrogens is 344 g/mol. The summed E-state index contributed by atoms with van der Waals surface area (Å²) in [5.74, 6) is 0.189. The van der Waals surface area contributed by atoms with Gasteiger partial charge >= 0.3 is 0 Å². The lowest BCUT2D eigenvalue weighted by molar-refractivity contribution is -0.142. The van der Waals surface area contributed by atoms with Gasteiger partial charge in [-0.1, -0.05) is 6.07 Å². The minimum Gasteiger partial charge on any atom is -0.342 e. The molecule has 0 aromatic carbocycles. The number of nitrogens with one attached hydrogen (secondary N) is 1. The summed E-state index contributed by atoms with van der Waals surface area (Å²) in [7, 11) is 0. The minimum absolute atomic E-state index is 0.0223. The molecule has 3 amide bonds. The van der Waals surface area contributed by atoms with Gasteiger partial charge in [0, 0.05) is 38.8 Å². The van der Waals surface area contributed by atoms with E-state index in [4.69, 9.17) is 0 Å². The van der Waals surface area contributed by atoms with Gasteiger partial charge in [0.2, 0.25) is 17.7 Å². The van der Waals surface area contributed by atoms with Gasteiger partial charge < -0.3 is 15.1 Å². The second kappa shape index (κ2) is 8.50. The Morgan fingerprint density at radius 3 is 2.41 bits per heavy atom. The quantitative estimate of drug-likeness (QED) is 0.877. The van der Waals surface area contributed by atoms with Gasteiger partial charge in [0.1, 0.15) is 5.82 Å². The van der Waals surface area contributed by atoms with Gasteiger partial charge in [-0.25, -0.2) is 4.98 Å². The van der Waals surface area contributed by atoms with Crippen molar-refractivity contribution in [2.45, 2.75) is 39.5 Å². The summed E-state index contributed by atoms with van der Waals surface area (Å²) in [6.45, 7) is 5.77. The first-order valence-electron chi connectivity index (χ1n) is 9.73. The molecule has 7 heteroatoms. The molecule has 2 fully saturated rings. The zero-order valence-electron chi connectivity index (χ0n) is 16.1. The molecule has 0 aliphatic carbocycles. The highest BCUT2D eigenvalue weighted by atomic mass is 16.2. The number of rotatable bonds is 3. The maximum absolute atomic E-state index is 12.9. The van der Waals surface area contributed by atoms with Crippen LogP contribution in [-0.2, 0) is 14.4 Å². The second-order valence-electron chi connectivity index (χ2n) is 7.58. The summed E-state index contributed by atoms with van der Waals surface area (Å²) >= 11 is 0. The van der Waals surface area contributed by atoms with Crippen LogP contribution in [0.1, 0.15) is 38.3 Å². The third-order valence-corrected chi connectivity index (χ3v) is 5.46. The molecule has 0 radical (unpaired) electrons. The second-order valence-corrected chi connectivity index (χ2v) is 7.58. The number of piperidine rings is 2. The van der Waals surface area contributed by atoms with Crippen molar-refractivity contribution in [1.82, 2.24) is 14.8 Å². The van der Waals surface area contributed by atoms with Crippen molar-refractivity contribution in [2.24, 2.45) is 11.8 Å². The fraction of sp³-hybridized carbons (Fsp3) is 0.600. The van der Waals surface area contributed by atoms with Crippen molar-refractivity contribution in [3.05, 3.63) is 23.9 Å². The number of carbonyl (C=O) groups is 3. The summed E-state index contributed by atoms with van der Waals surface area (Å²) in [6, 6.07) is 5.51. The average Bonchev–Trinajstić information content (AvgIpc) is 2.67.